The molecule has 5 rings (SSSR count). The topological polar surface area (TPSA) is 55.3 Å². The van der Waals surface area contributed by atoms with Gasteiger partial charge in [0, 0.05) is 18.0 Å². The Morgan fingerprint density at radius 1 is 1.10 bits per heavy atom. The maximum absolute atomic E-state index is 13.4. The molecule has 3 heterocycles. The van der Waals surface area contributed by atoms with E-state index in [1.165, 1.54) is 17.7 Å². The zero-order chi connectivity index (χ0) is 19.8. The van der Waals surface area contributed by atoms with Crippen LogP contribution < -0.4 is 0 Å². The molecule has 0 spiro atoms. The van der Waals surface area contributed by atoms with Crippen molar-refractivity contribution in [1.82, 2.24) is 14.9 Å². The molecule has 1 saturated heterocycles. The highest BCUT2D eigenvalue weighted by Crippen LogP contribution is 2.37. The van der Waals surface area contributed by atoms with Crippen LogP contribution in [-0.2, 0) is 11.3 Å². The SMILES string of the molecule is O=C1OC[C@@H]2C(/C=C/c3cnc(-c4cccc(F)c4)cn3)c3ccccc3CN12. The number of halogens is 1. The van der Waals surface area contributed by atoms with Gasteiger partial charge >= 0.3 is 6.09 Å². The van der Waals surface area contributed by atoms with Crippen LogP contribution >= 0.6 is 0 Å². The minimum absolute atomic E-state index is 0.0202. The molecule has 29 heavy (non-hydrogen) atoms. The van der Waals surface area contributed by atoms with Crippen LogP contribution in [0.15, 0.2) is 67.0 Å². The number of nitrogens with zero attached hydrogens (tertiary/aromatic N) is 3. The Morgan fingerprint density at radius 3 is 2.83 bits per heavy atom. The van der Waals surface area contributed by atoms with Crippen molar-refractivity contribution < 1.29 is 13.9 Å². The second-order valence-corrected chi connectivity index (χ2v) is 7.19. The first-order chi connectivity index (χ1) is 14.2. The molecule has 1 aromatic heterocycles. The molecule has 0 radical (unpaired) electrons. The van der Waals surface area contributed by atoms with Crippen molar-refractivity contribution in [2.75, 3.05) is 6.61 Å². The summed E-state index contributed by atoms with van der Waals surface area (Å²) in [6.45, 7) is 0.957. The molecular weight excluding hydrogens is 369 g/mol. The Balaban J connectivity index is 1.42. The monoisotopic (exact) mass is 387 g/mol. The Hall–Kier alpha value is -3.54. The average Bonchev–Trinajstić information content (AvgIpc) is 3.12. The molecule has 1 fully saturated rings. The number of hydrogen-bond donors (Lipinski definition) is 0. The number of ether oxygens (including phenoxy) is 1. The van der Waals surface area contributed by atoms with Crippen LogP contribution in [0.5, 0.6) is 0 Å². The second-order valence-electron chi connectivity index (χ2n) is 7.19. The summed E-state index contributed by atoms with van der Waals surface area (Å²) in [5, 5.41) is 0. The zero-order valence-corrected chi connectivity index (χ0v) is 15.5. The number of cyclic esters (lactones) is 1. The van der Waals surface area contributed by atoms with E-state index in [9.17, 15) is 9.18 Å². The summed E-state index contributed by atoms with van der Waals surface area (Å²) in [5.41, 5.74) is 4.33. The highest BCUT2D eigenvalue weighted by molar-refractivity contribution is 5.71. The first-order valence-electron chi connectivity index (χ1n) is 9.46. The van der Waals surface area contributed by atoms with Crippen molar-refractivity contribution in [3.05, 3.63) is 89.6 Å². The van der Waals surface area contributed by atoms with E-state index < -0.39 is 0 Å². The van der Waals surface area contributed by atoms with Gasteiger partial charge in [0.2, 0.25) is 0 Å². The fourth-order valence-electron chi connectivity index (χ4n) is 3.99. The third kappa shape index (κ3) is 3.27. The highest BCUT2D eigenvalue weighted by atomic mass is 19.1. The molecule has 2 aliphatic rings. The standard InChI is InChI=1S/C23H18FN3O2/c24-17-6-3-5-15(10-17)21-12-25-18(11-26-21)8-9-20-19-7-2-1-4-16(19)13-27-22(20)14-29-23(27)28/h1-12,20,22H,13-14H2/b9-8+/t20?,22-/m1/s1. The molecule has 6 heteroatoms. The minimum atomic E-state index is -0.304. The lowest BCUT2D eigenvalue weighted by molar-refractivity contribution is 0.154. The van der Waals surface area contributed by atoms with Crippen molar-refractivity contribution in [1.29, 1.82) is 0 Å². The van der Waals surface area contributed by atoms with E-state index in [-0.39, 0.29) is 23.9 Å². The molecule has 144 valence electrons. The number of carbonyl (C=O) groups is 1. The van der Waals surface area contributed by atoms with Crippen molar-refractivity contribution >= 4 is 12.2 Å². The minimum Gasteiger partial charge on any atom is -0.447 e. The first-order valence-corrected chi connectivity index (χ1v) is 9.46. The molecule has 1 unspecified atom stereocenters. The van der Waals surface area contributed by atoms with Crippen LogP contribution in [0.3, 0.4) is 0 Å². The van der Waals surface area contributed by atoms with Gasteiger partial charge in [-0.15, -0.1) is 0 Å². The quantitative estimate of drug-likeness (QED) is 0.668. The lowest BCUT2D eigenvalue weighted by atomic mass is 9.84. The van der Waals surface area contributed by atoms with E-state index in [4.69, 9.17) is 4.74 Å². The van der Waals surface area contributed by atoms with Crippen LogP contribution in [0.1, 0.15) is 22.7 Å². The maximum atomic E-state index is 13.4. The fraction of sp³-hybridized carbons (Fsp3) is 0.174. The molecule has 1 amide bonds. The summed E-state index contributed by atoms with van der Waals surface area (Å²) >= 11 is 0. The van der Waals surface area contributed by atoms with E-state index >= 15 is 0 Å². The number of amides is 1. The second kappa shape index (κ2) is 7.13. The zero-order valence-electron chi connectivity index (χ0n) is 15.5. The molecule has 3 aromatic rings. The predicted molar refractivity (Wildman–Crippen MR) is 106 cm³/mol. The lowest BCUT2D eigenvalue weighted by Gasteiger charge is -2.34. The number of benzene rings is 2. The van der Waals surface area contributed by atoms with Gasteiger partial charge in [-0.1, -0.05) is 42.5 Å². The molecule has 5 nitrogen and oxygen atoms in total. The third-order valence-electron chi connectivity index (χ3n) is 5.45. The average molecular weight is 387 g/mol. The summed E-state index contributed by atoms with van der Waals surface area (Å²) < 4.78 is 18.7. The van der Waals surface area contributed by atoms with E-state index in [0.717, 1.165) is 5.56 Å². The number of fused-ring (bicyclic) bond motifs is 2. The Labute approximate surface area is 167 Å². The molecular formula is C23H18FN3O2. The summed E-state index contributed by atoms with van der Waals surface area (Å²) in [6.07, 6.45) is 7.01. The van der Waals surface area contributed by atoms with Crippen molar-refractivity contribution in [3.8, 4) is 11.3 Å². The molecule has 2 aromatic carbocycles. The van der Waals surface area contributed by atoms with Crippen molar-refractivity contribution in [3.63, 3.8) is 0 Å². The molecule has 0 bridgehead atoms. The van der Waals surface area contributed by atoms with Crippen LogP contribution in [0.4, 0.5) is 9.18 Å². The van der Waals surface area contributed by atoms with E-state index in [1.54, 1.807) is 29.4 Å². The van der Waals surface area contributed by atoms with Gasteiger partial charge in [0.05, 0.1) is 29.8 Å². The van der Waals surface area contributed by atoms with Crippen LogP contribution in [0.2, 0.25) is 0 Å². The van der Waals surface area contributed by atoms with Gasteiger partial charge in [-0.05, 0) is 29.3 Å². The largest absolute Gasteiger partial charge is 0.447 e. The van der Waals surface area contributed by atoms with E-state index in [2.05, 4.69) is 22.1 Å². The van der Waals surface area contributed by atoms with E-state index in [0.29, 0.717) is 30.1 Å². The number of carbonyl (C=O) groups excluding carboxylic acids is 1. The summed E-state index contributed by atoms with van der Waals surface area (Å²) in [4.78, 5) is 22.7. The highest BCUT2D eigenvalue weighted by Gasteiger charge is 2.42. The molecule has 0 aliphatic carbocycles. The third-order valence-corrected chi connectivity index (χ3v) is 5.45. The van der Waals surface area contributed by atoms with E-state index in [1.807, 2.05) is 24.3 Å². The summed E-state index contributed by atoms with van der Waals surface area (Å²) in [6, 6.07) is 14.4. The van der Waals surface area contributed by atoms with Gasteiger partial charge in [0.1, 0.15) is 12.4 Å². The number of aromatic nitrogens is 2. The summed E-state index contributed by atoms with van der Waals surface area (Å²) in [5.74, 6) is -0.279. The first kappa shape index (κ1) is 17.6. The number of hydrogen-bond acceptors (Lipinski definition) is 4. The smallest absolute Gasteiger partial charge is 0.410 e. The van der Waals surface area contributed by atoms with Gasteiger partial charge < -0.3 is 4.74 Å². The lowest BCUT2D eigenvalue weighted by Crippen LogP contribution is -2.41. The predicted octanol–water partition coefficient (Wildman–Crippen LogP) is 4.41. The normalized spacial score (nSPS) is 20.4. The molecule has 0 saturated carbocycles. The van der Waals surface area contributed by atoms with Crippen LogP contribution in [-0.4, -0.2) is 33.6 Å². The van der Waals surface area contributed by atoms with Crippen molar-refractivity contribution in [2.45, 2.75) is 18.5 Å². The Morgan fingerprint density at radius 2 is 2.00 bits per heavy atom. The molecule has 2 aliphatic heterocycles. The molecule has 2 atom stereocenters. The van der Waals surface area contributed by atoms with Gasteiger partial charge in [-0.3, -0.25) is 14.9 Å². The van der Waals surface area contributed by atoms with Gasteiger partial charge in [0.15, 0.2) is 0 Å². The van der Waals surface area contributed by atoms with Gasteiger partial charge in [-0.25, -0.2) is 9.18 Å². The van der Waals surface area contributed by atoms with Gasteiger partial charge in [0.25, 0.3) is 0 Å². The number of rotatable bonds is 3. The maximum Gasteiger partial charge on any atom is 0.410 e. The Bertz CT molecular complexity index is 1100. The van der Waals surface area contributed by atoms with Gasteiger partial charge in [-0.2, -0.15) is 0 Å². The fourth-order valence-corrected chi connectivity index (χ4v) is 3.99. The Kier molecular flexibility index (Phi) is 4.31. The van der Waals surface area contributed by atoms with Crippen molar-refractivity contribution in [2.24, 2.45) is 0 Å². The molecule has 0 N–H and O–H groups in total. The van der Waals surface area contributed by atoms with Crippen LogP contribution in [0.25, 0.3) is 17.3 Å². The van der Waals surface area contributed by atoms with Crippen LogP contribution in [0, 0.1) is 5.82 Å². The summed E-state index contributed by atoms with van der Waals surface area (Å²) in [7, 11) is 0.